The van der Waals surface area contributed by atoms with Gasteiger partial charge >= 0.3 is 12.0 Å². The topological polar surface area (TPSA) is 77.0 Å². The Balaban J connectivity index is 1.50. The summed E-state index contributed by atoms with van der Waals surface area (Å²) in [5, 5.41) is 10.8. The lowest BCUT2D eigenvalue weighted by Crippen LogP contribution is -2.12. The zero-order valence-corrected chi connectivity index (χ0v) is 8.39. The number of hydrogen-bond donors (Lipinski definition) is 2. The lowest BCUT2D eigenvalue weighted by molar-refractivity contribution is 0.456. The SMILES string of the molecule is Nc1nnc(NC2C3C4CCC(C4)C23)o1. The summed E-state index contributed by atoms with van der Waals surface area (Å²) in [7, 11) is 0. The van der Waals surface area contributed by atoms with E-state index in [1.54, 1.807) is 0 Å². The van der Waals surface area contributed by atoms with Gasteiger partial charge in [-0.3, -0.25) is 0 Å². The van der Waals surface area contributed by atoms with Crippen molar-refractivity contribution in [3.63, 3.8) is 0 Å². The third kappa shape index (κ3) is 0.979. The highest BCUT2D eigenvalue weighted by Crippen LogP contribution is 2.66. The van der Waals surface area contributed by atoms with Crippen LogP contribution in [0.3, 0.4) is 0 Å². The number of anilines is 2. The quantitative estimate of drug-likeness (QED) is 0.758. The minimum Gasteiger partial charge on any atom is -0.390 e. The average Bonchev–Trinajstić information content (AvgIpc) is 2.62. The molecule has 15 heavy (non-hydrogen) atoms. The zero-order valence-electron chi connectivity index (χ0n) is 8.39. The summed E-state index contributed by atoms with van der Waals surface area (Å²) in [5.41, 5.74) is 5.38. The summed E-state index contributed by atoms with van der Waals surface area (Å²) < 4.78 is 5.13. The largest absolute Gasteiger partial charge is 0.390 e. The smallest absolute Gasteiger partial charge is 0.317 e. The fourth-order valence-corrected chi connectivity index (χ4v) is 3.95. The highest BCUT2D eigenvalue weighted by molar-refractivity contribution is 5.32. The molecule has 1 aromatic heterocycles. The molecule has 0 aromatic carbocycles. The molecule has 3 saturated carbocycles. The first-order chi connectivity index (χ1) is 7.33. The predicted octanol–water partition coefficient (Wildman–Crippen LogP) is 1.11. The molecule has 4 atom stereocenters. The summed E-state index contributed by atoms with van der Waals surface area (Å²) >= 11 is 0. The highest BCUT2D eigenvalue weighted by Gasteiger charge is 2.65. The van der Waals surface area contributed by atoms with E-state index >= 15 is 0 Å². The molecule has 0 amide bonds. The molecule has 0 aliphatic heterocycles. The molecule has 4 unspecified atom stereocenters. The van der Waals surface area contributed by atoms with E-state index in [9.17, 15) is 0 Å². The second kappa shape index (κ2) is 2.46. The molecule has 3 fully saturated rings. The van der Waals surface area contributed by atoms with Gasteiger partial charge in [-0.15, -0.1) is 0 Å². The molecule has 4 rings (SSSR count). The van der Waals surface area contributed by atoms with E-state index in [-0.39, 0.29) is 6.01 Å². The van der Waals surface area contributed by atoms with Crippen molar-refractivity contribution in [2.45, 2.75) is 25.3 Å². The molecule has 3 N–H and O–H groups in total. The number of fused-ring (bicyclic) bond motifs is 5. The molecule has 0 spiro atoms. The Kier molecular flexibility index (Phi) is 1.30. The number of rotatable bonds is 2. The summed E-state index contributed by atoms with van der Waals surface area (Å²) in [6.07, 6.45) is 4.31. The Labute approximate surface area is 87.4 Å². The standard InChI is InChI=1S/C10H14N4O/c11-9-13-14-10(15-9)12-8-6-4-1-2-5(3-4)7(6)8/h4-8H,1-3H2,(H2,11,13)(H,12,14). The fourth-order valence-electron chi connectivity index (χ4n) is 3.95. The maximum Gasteiger partial charge on any atom is 0.317 e. The van der Waals surface area contributed by atoms with Crippen molar-refractivity contribution in [3.8, 4) is 0 Å². The normalized spacial score (nSPS) is 45.5. The minimum atomic E-state index is 0.145. The van der Waals surface area contributed by atoms with Gasteiger partial charge in [-0.2, -0.15) is 0 Å². The van der Waals surface area contributed by atoms with Crippen molar-refractivity contribution in [1.29, 1.82) is 0 Å². The van der Waals surface area contributed by atoms with Crippen LogP contribution in [0.5, 0.6) is 0 Å². The van der Waals surface area contributed by atoms with Gasteiger partial charge in [0, 0.05) is 6.04 Å². The van der Waals surface area contributed by atoms with Crippen LogP contribution in [0.25, 0.3) is 0 Å². The van der Waals surface area contributed by atoms with Gasteiger partial charge in [-0.25, -0.2) is 0 Å². The Morgan fingerprint density at radius 3 is 2.53 bits per heavy atom. The first-order valence-corrected chi connectivity index (χ1v) is 5.68. The van der Waals surface area contributed by atoms with Crippen molar-refractivity contribution >= 4 is 12.0 Å². The third-order valence-electron chi connectivity index (χ3n) is 4.47. The minimum absolute atomic E-state index is 0.145. The summed E-state index contributed by atoms with van der Waals surface area (Å²) in [4.78, 5) is 0. The first-order valence-electron chi connectivity index (χ1n) is 5.68. The van der Waals surface area contributed by atoms with Crippen LogP contribution in [0, 0.1) is 23.7 Å². The number of aromatic nitrogens is 2. The molecule has 1 aromatic rings. The van der Waals surface area contributed by atoms with E-state index in [1.165, 1.54) is 19.3 Å². The van der Waals surface area contributed by atoms with Gasteiger partial charge in [0.05, 0.1) is 0 Å². The van der Waals surface area contributed by atoms with Crippen LogP contribution in [-0.4, -0.2) is 16.2 Å². The second-order valence-electron chi connectivity index (χ2n) is 5.10. The van der Waals surface area contributed by atoms with Crippen LogP contribution in [0.2, 0.25) is 0 Å². The Morgan fingerprint density at radius 2 is 1.93 bits per heavy atom. The molecular weight excluding hydrogens is 192 g/mol. The van der Waals surface area contributed by atoms with E-state index in [0.717, 1.165) is 23.7 Å². The van der Waals surface area contributed by atoms with Gasteiger partial charge in [0.25, 0.3) is 0 Å². The molecule has 3 aliphatic carbocycles. The highest BCUT2D eigenvalue weighted by atomic mass is 16.4. The lowest BCUT2D eigenvalue weighted by Gasteiger charge is -2.07. The van der Waals surface area contributed by atoms with Crippen molar-refractivity contribution in [3.05, 3.63) is 0 Å². The summed E-state index contributed by atoms with van der Waals surface area (Å²) in [6, 6.07) is 1.22. The van der Waals surface area contributed by atoms with Crippen molar-refractivity contribution in [2.75, 3.05) is 11.1 Å². The number of nitrogen functional groups attached to an aromatic ring is 1. The van der Waals surface area contributed by atoms with E-state index in [2.05, 4.69) is 15.5 Å². The van der Waals surface area contributed by atoms with Crippen molar-refractivity contribution in [1.82, 2.24) is 10.2 Å². The fraction of sp³-hybridized carbons (Fsp3) is 0.800. The number of hydrogen-bond acceptors (Lipinski definition) is 5. The van der Waals surface area contributed by atoms with E-state index in [4.69, 9.17) is 10.2 Å². The van der Waals surface area contributed by atoms with Crippen LogP contribution in [-0.2, 0) is 0 Å². The van der Waals surface area contributed by atoms with Gasteiger partial charge in [0.1, 0.15) is 0 Å². The Morgan fingerprint density at radius 1 is 1.20 bits per heavy atom. The number of nitrogens with one attached hydrogen (secondary N) is 1. The Bertz CT molecular complexity index is 388. The monoisotopic (exact) mass is 206 g/mol. The molecule has 80 valence electrons. The average molecular weight is 206 g/mol. The van der Waals surface area contributed by atoms with Crippen molar-refractivity contribution < 1.29 is 4.42 Å². The lowest BCUT2D eigenvalue weighted by atomic mass is 10.0. The zero-order chi connectivity index (χ0) is 9.99. The molecule has 0 saturated heterocycles. The van der Waals surface area contributed by atoms with Gasteiger partial charge < -0.3 is 15.5 Å². The van der Waals surface area contributed by atoms with E-state index < -0.39 is 0 Å². The van der Waals surface area contributed by atoms with Gasteiger partial charge in [0.2, 0.25) is 0 Å². The van der Waals surface area contributed by atoms with Crippen LogP contribution < -0.4 is 11.1 Å². The molecule has 1 heterocycles. The number of nitrogens with zero attached hydrogens (tertiary/aromatic N) is 2. The molecule has 2 bridgehead atoms. The predicted molar refractivity (Wildman–Crippen MR) is 53.9 cm³/mol. The molecule has 5 nitrogen and oxygen atoms in total. The maximum atomic E-state index is 5.38. The third-order valence-corrected chi connectivity index (χ3v) is 4.47. The maximum absolute atomic E-state index is 5.38. The van der Waals surface area contributed by atoms with Crippen LogP contribution in [0.15, 0.2) is 4.42 Å². The summed E-state index contributed by atoms with van der Waals surface area (Å²) in [5.74, 6) is 3.66. The molecule has 0 radical (unpaired) electrons. The van der Waals surface area contributed by atoms with Gasteiger partial charge in [0.15, 0.2) is 0 Å². The van der Waals surface area contributed by atoms with E-state index in [0.29, 0.717) is 12.1 Å². The van der Waals surface area contributed by atoms with Crippen LogP contribution in [0.1, 0.15) is 19.3 Å². The number of nitrogens with two attached hydrogens (primary N) is 1. The van der Waals surface area contributed by atoms with Crippen LogP contribution >= 0.6 is 0 Å². The second-order valence-corrected chi connectivity index (χ2v) is 5.10. The van der Waals surface area contributed by atoms with Gasteiger partial charge in [-0.05, 0) is 42.9 Å². The summed E-state index contributed by atoms with van der Waals surface area (Å²) in [6.45, 7) is 0. The van der Waals surface area contributed by atoms with Crippen LogP contribution in [0.4, 0.5) is 12.0 Å². The first kappa shape index (κ1) is 7.96. The van der Waals surface area contributed by atoms with E-state index in [1.807, 2.05) is 0 Å². The van der Waals surface area contributed by atoms with Gasteiger partial charge in [-0.1, -0.05) is 10.2 Å². The van der Waals surface area contributed by atoms with Crippen molar-refractivity contribution in [2.24, 2.45) is 23.7 Å². The molecule has 5 heteroatoms. The Hall–Kier alpha value is -1.26. The molecule has 3 aliphatic rings. The molecular formula is C10H14N4O.